The summed E-state index contributed by atoms with van der Waals surface area (Å²) >= 11 is 6.93. The van der Waals surface area contributed by atoms with Gasteiger partial charge in [-0.15, -0.1) is 0 Å². The molecule has 4 nitrogen and oxygen atoms in total. The molecule has 162 valence electrons. The Morgan fingerprint density at radius 1 is 1.03 bits per heavy atom. The monoisotopic (exact) mass is 463 g/mol. The van der Waals surface area contributed by atoms with E-state index < -0.39 is 0 Å². The van der Waals surface area contributed by atoms with Gasteiger partial charge in [-0.05, 0) is 55.3 Å². The van der Waals surface area contributed by atoms with Gasteiger partial charge in [0.1, 0.15) is 10.1 Å². The number of halogens is 1. The number of thiocarbonyl (C=S) groups is 1. The summed E-state index contributed by atoms with van der Waals surface area (Å²) in [6, 6.07) is 16.2. The third-order valence-corrected chi connectivity index (χ3v) is 7.26. The lowest BCUT2D eigenvalue weighted by molar-refractivity contribution is -0.124. The normalized spacial score (nSPS) is 18.7. The van der Waals surface area contributed by atoms with Gasteiger partial charge >= 0.3 is 0 Å². The average molecular weight is 464 g/mol. The zero-order valence-corrected chi connectivity index (χ0v) is 19.0. The second kappa shape index (κ2) is 9.00. The van der Waals surface area contributed by atoms with E-state index in [0.717, 1.165) is 42.5 Å². The molecule has 2 fully saturated rings. The summed E-state index contributed by atoms with van der Waals surface area (Å²) < 4.78 is 15.9. The number of thioether (sulfide) groups is 1. The van der Waals surface area contributed by atoms with Gasteiger partial charge in [0.15, 0.2) is 0 Å². The van der Waals surface area contributed by atoms with Gasteiger partial charge < -0.3 is 0 Å². The van der Waals surface area contributed by atoms with Crippen molar-refractivity contribution in [1.82, 2.24) is 14.7 Å². The van der Waals surface area contributed by atoms with Crippen molar-refractivity contribution in [3.05, 3.63) is 77.1 Å². The van der Waals surface area contributed by atoms with Crippen LogP contribution in [0, 0.1) is 5.82 Å². The summed E-state index contributed by atoms with van der Waals surface area (Å²) in [7, 11) is 0. The van der Waals surface area contributed by atoms with Crippen LogP contribution in [0.5, 0.6) is 0 Å². The zero-order chi connectivity index (χ0) is 22.1. The Morgan fingerprint density at radius 3 is 2.47 bits per heavy atom. The van der Waals surface area contributed by atoms with Crippen LogP contribution in [-0.2, 0) is 4.79 Å². The maximum atomic E-state index is 13.5. The first-order valence-corrected chi connectivity index (χ1v) is 12.0. The lowest BCUT2D eigenvalue weighted by atomic mass is 9.94. The molecule has 2 aliphatic rings. The Kier molecular flexibility index (Phi) is 5.93. The highest BCUT2D eigenvalue weighted by Gasteiger charge is 2.37. The van der Waals surface area contributed by atoms with Gasteiger partial charge in [0.25, 0.3) is 5.91 Å². The van der Waals surface area contributed by atoms with E-state index >= 15 is 0 Å². The molecule has 0 unspecified atom stereocenters. The topological polar surface area (TPSA) is 38.1 Å². The second-order valence-electron chi connectivity index (χ2n) is 8.06. The quantitative estimate of drug-likeness (QED) is 0.340. The van der Waals surface area contributed by atoms with Gasteiger partial charge in [0.2, 0.25) is 0 Å². The fourth-order valence-corrected chi connectivity index (χ4v) is 5.70. The summed E-state index contributed by atoms with van der Waals surface area (Å²) in [5.74, 6) is -0.324. The van der Waals surface area contributed by atoms with Crippen LogP contribution in [0.1, 0.15) is 37.7 Å². The smallest absolute Gasteiger partial charge is 0.266 e. The first-order chi connectivity index (χ1) is 15.6. The van der Waals surface area contributed by atoms with Crippen molar-refractivity contribution in [2.24, 2.45) is 0 Å². The molecule has 1 saturated heterocycles. The Hall–Kier alpha value is -2.77. The summed E-state index contributed by atoms with van der Waals surface area (Å²) in [4.78, 5) is 15.7. The number of nitrogens with zero attached hydrogens (tertiary/aromatic N) is 3. The largest absolute Gasteiger partial charge is 0.290 e. The lowest BCUT2D eigenvalue weighted by Gasteiger charge is -2.29. The number of carbonyl (C=O) groups excluding carboxylic acids is 1. The number of aromatic nitrogens is 2. The molecule has 7 heteroatoms. The van der Waals surface area contributed by atoms with E-state index in [1.54, 1.807) is 16.8 Å². The van der Waals surface area contributed by atoms with E-state index in [9.17, 15) is 9.18 Å². The van der Waals surface area contributed by atoms with Gasteiger partial charge in [-0.3, -0.25) is 9.69 Å². The van der Waals surface area contributed by atoms with E-state index in [4.69, 9.17) is 17.3 Å². The Bertz CT molecular complexity index is 1180. The van der Waals surface area contributed by atoms with E-state index in [-0.39, 0.29) is 17.8 Å². The highest BCUT2D eigenvalue weighted by molar-refractivity contribution is 8.26. The predicted molar refractivity (Wildman–Crippen MR) is 131 cm³/mol. The van der Waals surface area contributed by atoms with Crippen molar-refractivity contribution in [3.63, 3.8) is 0 Å². The van der Waals surface area contributed by atoms with Crippen LogP contribution in [-0.4, -0.2) is 30.9 Å². The molecule has 0 bridgehead atoms. The Morgan fingerprint density at radius 2 is 1.75 bits per heavy atom. The summed E-state index contributed by atoms with van der Waals surface area (Å²) in [6.07, 6.45) is 9.28. The van der Waals surface area contributed by atoms with Crippen LogP contribution in [0.2, 0.25) is 0 Å². The van der Waals surface area contributed by atoms with E-state index in [0.29, 0.717) is 14.9 Å². The fraction of sp³-hybridized carbons (Fsp3) is 0.240. The lowest BCUT2D eigenvalue weighted by Crippen LogP contribution is -2.39. The van der Waals surface area contributed by atoms with E-state index in [1.807, 2.05) is 47.5 Å². The minimum atomic E-state index is -0.300. The van der Waals surface area contributed by atoms with Crippen LogP contribution < -0.4 is 0 Å². The van der Waals surface area contributed by atoms with Crippen LogP contribution in [0.4, 0.5) is 4.39 Å². The standard InChI is InChI=1S/C25H22FN3OS2/c26-19-13-11-17(12-14-19)23-18(16-28(27-23)20-7-3-1-4-8-20)15-22-24(30)29(25(31)32-22)21-9-5-2-6-10-21/h1,3-4,7-8,11-16,21H,2,5-6,9-10H2. The molecule has 1 aromatic heterocycles. The van der Waals surface area contributed by atoms with Crippen molar-refractivity contribution >= 4 is 40.3 Å². The Balaban J connectivity index is 1.54. The number of benzene rings is 2. The summed E-state index contributed by atoms with van der Waals surface area (Å²) in [5.41, 5.74) is 3.18. The van der Waals surface area contributed by atoms with E-state index in [1.165, 1.54) is 30.3 Å². The van der Waals surface area contributed by atoms with Gasteiger partial charge in [0, 0.05) is 23.4 Å². The fourth-order valence-electron chi connectivity index (χ4n) is 4.31. The van der Waals surface area contributed by atoms with Gasteiger partial charge in [-0.2, -0.15) is 5.10 Å². The van der Waals surface area contributed by atoms with Crippen molar-refractivity contribution in [3.8, 4) is 16.9 Å². The number of amides is 1. The van der Waals surface area contributed by atoms with Crippen molar-refractivity contribution in [2.75, 3.05) is 0 Å². The van der Waals surface area contributed by atoms with Crippen LogP contribution in [0.3, 0.4) is 0 Å². The third kappa shape index (κ3) is 4.14. The van der Waals surface area contributed by atoms with Crippen LogP contribution >= 0.6 is 24.0 Å². The number of para-hydroxylation sites is 1. The van der Waals surface area contributed by atoms with Crippen molar-refractivity contribution < 1.29 is 9.18 Å². The zero-order valence-electron chi connectivity index (χ0n) is 17.4. The average Bonchev–Trinajstić information content (AvgIpc) is 3.36. The van der Waals surface area contributed by atoms with Gasteiger partial charge in [-0.1, -0.05) is 61.4 Å². The highest BCUT2D eigenvalue weighted by Crippen LogP contribution is 2.38. The molecule has 2 heterocycles. The molecule has 0 radical (unpaired) electrons. The molecule has 0 N–H and O–H groups in total. The maximum Gasteiger partial charge on any atom is 0.266 e. The molecule has 3 aromatic rings. The first-order valence-electron chi connectivity index (χ1n) is 10.8. The van der Waals surface area contributed by atoms with Gasteiger partial charge in [-0.25, -0.2) is 9.07 Å². The SMILES string of the molecule is O=C1C(=Cc2cn(-c3ccccc3)nc2-c2ccc(F)cc2)SC(=S)N1C1CCCCC1. The molecule has 1 aliphatic heterocycles. The molecule has 5 rings (SSSR count). The molecule has 1 saturated carbocycles. The van der Waals surface area contributed by atoms with E-state index in [2.05, 4.69) is 0 Å². The highest BCUT2D eigenvalue weighted by atomic mass is 32.2. The minimum absolute atomic E-state index is 0.0237. The Labute approximate surface area is 196 Å². The molecule has 1 amide bonds. The molecule has 2 aromatic carbocycles. The molecule has 1 aliphatic carbocycles. The number of hydrogen-bond donors (Lipinski definition) is 0. The second-order valence-corrected chi connectivity index (χ2v) is 9.74. The van der Waals surface area contributed by atoms with Crippen LogP contribution in [0.25, 0.3) is 23.0 Å². The first kappa shape index (κ1) is 21.1. The molecular weight excluding hydrogens is 441 g/mol. The maximum absolute atomic E-state index is 13.5. The van der Waals surface area contributed by atoms with Crippen molar-refractivity contribution in [1.29, 1.82) is 0 Å². The van der Waals surface area contributed by atoms with Crippen LogP contribution in [0.15, 0.2) is 65.7 Å². The minimum Gasteiger partial charge on any atom is -0.290 e. The molecule has 0 atom stereocenters. The molecule has 32 heavy (non-hydrogen) atoms. The molecular formula is C25H22FN3OS2. The van der Waals surface area contributed by atoms with Gasteiger partial charge in [0.05, 0.1) is 16.3 Å². The number of hydrogen-bond acceptors (Lipinski definition) is 4. The summed E-state index contributed by atoms with van der Waals surface area (Å²) in [6.45, 7) is 0. The number of carbonyl (C=O) groups is 1. The number of rotatable bonds is 4. The predicted octanol–water partition coefficient (Wildman–Crippen LogP) is 6.21. The van der Waals surface area contributed by atoms with Crippen molar-refractivity contribution in [2.45, 2.75) is 38.1 Å². The third-order valence-electron chi connectivity index (χ3n) is 5.93. The summed E-state index contributed by atoms with van der Waals surface area (Å²) in [5, 5.41) is 4.76. The molecule has 0 spiro atoms.